The van der Waals surface area contributed by atoms with Gasteiger partial charge in [0.1, 0.15) is 5.75 Å². The van der Waals surface area contributed by atoms with Gasteiger partial charge >= 0.3 is 0 Å². The Morgan fingerprint density at radius 2 is 1.96 bits per heavy atom. The van der Waals surface area contributed by atoms with Crippen molar-refractivity contribution in [2.24, 2.45) is 5.92 Å². The Kier molecular flexibility index (Phi) is 8.66. The van der Waals surface area contributed by atoms with E-state index in [0.29, 0.717) is 37.9 Å². The molecule has 0 fully saturated rings. The predicted molar refractivity (Wildman–Crippen MR) is 90.9 cm³/mol. The zero-order chi connectivity index (χ0) is 17.2. The second-order valence-corrected chi connectivity index (χ2v) is 5.99. The summed E-state index contributed by atoms with van der Waals surface area (Å²) in [5.74, 6) is 1.10. The smallest absolute Gasteiger partial charge is 0.251 e. The van der Waals surface area contributed by atoms with Gasteiger partial charge in [0, 0.05) is 30.9 Å². The van der Waals surface area contributed by atoms with E-state index in [4.69, 9.17) is 14.2 Å². The summed E-state index contributed by atoms with van der Waals surface area (Å²) in [7, 11) is 1.61. The van der Waals surface area contributed by atoms with Gasteiger partial charge in [-0.2, -0.15) is 0 Å². The molecule has 1 N–H and O–H groups in total. The van der Waals surface area contributed by atoms with Gasteiger partial charge in [-0.15, -0.1) is 0 Å². The van der Waals surface area contributed by atoms with Crippen LogP contribution < -0.4 is 10.1 Å². The first kappa shape index (κ1) is 19.5. The third-order valence-corrected chi connectivity index (χ3v) is 3.13. The van der Waals surface area contributed by atoms with Gasteiger partial charge in [0.25, 0.3) is 5.91 Å². The van der Waals surface area contributed by atoms with Crippen LogP contribution in [0.5, 0.6) is 5.75 Å². The van der Waals surface area contributed by atoms with Crippen molar-refractivity contribution in [3.8, 4) is 5.75 Å². The van der Waals surface area contributed by atoms with E-state index in [2.05, 4.69) is 19.2 Å². The lowest BCUT2D eigenvalue weighted by Gasteiger charge is -2.15. The number of methoxy groups -OCH3 is 1. The molecule has 0 spiro atoms. The van der Waals surface area contributed by atoms with Crippen molar-refractivity contribution >= 4 is 5.91 Å². The van der Waals surface area contributed by atoms with Crippen LogP contribution in [0.3, 0.4) is 0 Å². The number of benzene rings is 1. The summed E-state index contributed by atoms with van der Waals surface area (Å²) in [4.78, 5) is 12.3. The maximum Gasteiger partial charge on any atom is 0.251 e. The molecule has 0 saturated carbocycles. The number of carbonyl (C=O) groups excluding carboxylic acids is 1. The molecule has 5 nitrogen and oxygen atoms in total. The van der Waals surface area contributed by atoms with Crippen molar-refractivity contribution in [3.63, 3.8) is 0 Å². The maximum absolute atomic E-state index is 12.3. The Hall–Kier alpha value is -1.59. The van der Waals surface area contributed by atoms with Gasteiger partial charge in [-0.05, 0) is 38.0 Å². The van der Waals surface area contributed by atoms with E-state index in [1.54, 1.807) is 13.2 Å². The Morgan fingerprint density at radius 3 is 2.57 bits per heavy atom. The Balaban J connectivity index is 2.82. The average molecular weight is 323 g/mol. The Labute approximate surface area is 139 Å². The molecule has 0 aliphatic carbocycles. The van der Waals surface area contributed by atoms with Gasteiger partial charge in [0.15, 0.2) is 0 Å². The van der Waals surface area contributed by atoms with E-state index in [0.717, 1.165) is 11.3 Å². The molecule has 0 heterocycles. The van der Waals surface area contributed by atoms with Gasteiger partial charge in [0.05, 0.1) is 19.8 Å². The molecule has 1 amide bonds. The quantitative estimate of drug-likeness (QED) is 0.719. The first-order chi connectivity index (χ1) is 11.0. The number of hydrogen-bond donors (Lipinski definition) is 1. The molecule has 5 heteroatoms. The van der Waals surface area contributed by atoms with Gasteiger partial charge in [-0.25, -0.2) is 0 Å². The van der Waals surface area contributed by atoms with E-state index in [1.165, 1.54) is 0 Å². The molecule has 1 aromatic rings. The minimum Gasteiger partial charge on any atom is -0.494 e. The SMILES string of the molecule is CCOc1ccc(C(=O)N[C@H](C)COC)cc1COCC(C)C. The van der Waals surface area contributed by atoms with Gasteiger partial charge < -0.3 is 19.5 Å². The summed E-state index contributed by atoms with van der Waals surface area (Å²) in [6, 6.07) is 5.39. The summed E-state index contributed by atoms with van der Waals surface area (Å²) in [5, 5.41) is 2.90. The zero-order valence-corrected chi connectivity index (χ0v) is 14.8. The summed E-state index contributed by atoms with van der Waals surface area (Å²) in [6.07, 6.45) is 0. The van der Waals surface area contributed by atoms with Crippen molar-refractivity contribution in [1.29, 1.82) is 0 Å². The van der Waals surface area contributed by atoms with Crippen LogP contribution >= 0.6 is 0 Å². The minimum atomic E-state index is -0.122. The van der Waals surface area contributed by atoms with Crippen molar-refractivity contribution < 1.29 is 19.0 Å². The molecular formula is C18H29NO4. The fourth-order valence-corrected chi connectivity index (χ4v) is 2.13. The first-order valence-electron chi connectivity index (χ1n) is 8.11. The monoisotopic (exact) mass is 323 g/mol. The van der Waals surface area contributed by atoms with Crippen LogP contribution in [0.25, 0.3) is 0 Å². The minimum absolute atomic E-state index is 0.0419. The maximum atomic E-state index is 12.3. The molecule has 0 bridgehead atoms. The lowest BCUT2D eigenvalue weighted by atomic mass is 10.1. The number of hydrogen-bond acceptors (Lipinski definition) is 4. The largest absolute Gasteiger partial charge is 0.494 e. The number of nitrogens with one attached hydrogen (secondary N) is 1. The molecule has 1 rings (SSSR count). The Morgan fingerprint density at radius 1 is 1.22 bits per heavy atom. The molecule has 0 aliphatic rings. The second-order valence-electron chi connectivity index (χ2n) is 5.99. The molecular weight excluding hydrogens is 294 g/mol. The van der Waals surface area contributed by atoms with Crippen LogP contribution in [0.1, 0.15) is 43.6 Å². The summed E-state index contributed by atoms with van der Waals surface area (Å²) >= 11 is 0. The van der Waals surface area contributed by atoms with E-state index in [1.807, 2.05) is 26.0 Å². The molecule has 0 radical (unpaired) electrons. The lowest BCUT2D eigenvalue weighted by Crippen LogP contribution is -2.35. The Bertz CT molecular complexity index is 488. The number of ether oxygens (including phenoxy) is 3. The molecule has 1 aromatic carbocycles. The highest BCUT2D eigenvalue weighted by Gasteiger charge is 2.13. The molecule has 130 valence electrons. The van der Waals surface area contributed by atoms with Crippen LogP contribution in [-0.2, 0) is 16.1 Å². The summed E-state index contributed by atoms with van der Waals surface area (Å²) in [6.45, 7) is 10.2. The van der Waals surface area contributed by atoms with Crippen LogP contribution in [-0.4, -0.2) is 38.9 Å². The van der Waals surface area contributed by atoms with E-state index in [9.17, 15) is 4.79 Å². The standard InChI is InChI=1S/C18H29NO4/c1-6-23-17-8-7-15(18(20)19-14(4)11-21-5)9-16(17)12-22-10-13(2)3/h7-9,13-14H,6,10-12H2,1-5H3,(H,19,20)/t14-/m1/s1. The fourth-order valence-electron chi connectivity index (χ4n) is 2.13. The van der Waals surface area contributed by atoms with Crippen LogP contribution in [0, 0.1) is 5.92 Å². The summed E-state index contributed by atoms with van der Waals surface area (Å²) < 4.78 is 16.3. The second kappa shape index (κ2) is 10.2. The van der Waals surface area contributed by atoms with Gasteiger partial charge in [-0.1, -0.05) is 13.8 Å². The zero-order valence-electron chi connectivity index (χ0n) is 14.8. The molecule has 0 saturated heterocycles. The van der Waals surface area contributed by atoms with E-state index < -0.39 is 0 Å². The van der Waals surface area contributed by atoms with Gasteiger partial charge in [0.2, 0.25) is 0 Å². The first-order valence-corrected chi connectivity index (χ1v) is 8.11. The van der Waals surface area contributed by atoms with Crippen molar-refractivity contribution in [2.45, 2.75) is 40.3 Å². The highest BCUT2D eigenvalue weighted by molar-refractivity contribution is 5.94. The summed E-state index contributed by atoms with van der Waals surface area (Å²) in [5.41, 5.74) is 1.49. The normalized spacial score (nSPS) is 12.3. The molecule has 0 unspecified atom stereocenters. The molecule has 23 heavy (non-hydrogen) atoms. The van der Waals surface area contributed by atoms with Crippen molar-refractivity contribution in [3.05, 3.63) is 29.3 Å². The van der Waals surface area contributed by atoms with Crippen LogP contribution in [0.2, 0.25) is 0 Å². The number of carbonyl (C=O) groups is 1. The third kappa shape index (κ3) is 7.01. The molecule has 0 aliphatic heterocycles. The highest BCUT2D eigenvalue weighted by atomic mass is 16.5. The predicted octanol–water partition coefficient (Wildman–Crippen LogP) is 3.02. The lowest BCUT2D eigenvalue weighted by molar-refractivity contribution is 0.0900. The van der Waals surface area contributed by atoms with Crippen LogP contribution in [0.4, 0.5) is 0 Å². The third-order valence-electron chi connectivity index (χ3n) is 3.13. The fraction of sp³-hybridized carbons (Fsp3) is 0.611. The topological polar surface area (TPSA) is 56.8 Å². The average Bonchev–Trinajstić information content (AvgIpc) is 2.48. The molecule has 1 atom stereocenters. The van der Waals surface area contributed by atoms with Crippen LogP contribution in [0.15, 0.2) is 18.2 Å². The highest BCUT2D eigenvalue weighted by Crippen LogP contribution is 2.22. The van der Waals surface area contributed by atoms with Crippen molar-refractivity contribution in [1.82, 2.24) is 5.32 Å². The number of amides is 1. The molecule has 0 aromatic heterocycles. The van der Waals surface area contributed by atoms with Gasteiger partial charge in [-0.3, -0.25) is 4.79 Å². The van der Waals surface area contributed by atoms with Crippen molar-refractivity contribution in [2.75, 3.05) is 26.9 Å². The van der Waals surface area contributed by atoms with E-state index >= 15 is 0 Å². The number of rotatable bonds is 10. The van der Waals surface area contributed by atoms with E-state index in [-0.39, 0.29) is 11.9 Å².